The summed E-state index contributed by atoms with van der Waals surface area (Å²) >= 11 is 5.78. The monoisotopic (exact) mass is 364 g/mol. The minimum atomic E-state index is -0.625. The van der Waals surface area contributed by atoms with Crippen molar-refractivity contribution < 1.29 is 14.3 Å². The third-order valence-corrected chi connectivity index (χ3v) is 3.59. The number of hydrogen-bond donors (Lipinski definition) is 2. The number of halogens is 1. The fraction of sp³-hybridized carbons (Fsp3) is 0.333. The number of carbonyl (C=O) groups excluding carboxylic acids is 1. The first-order valence-corrected chi connectivity index (χ1v) is 8.35. The average molecular weight is 365 g/mol. The fourth-order valence-electron chi connectivity index (χ4n) is 1.93. The van der Waals surface area contributed by atoms with Crippen molar-refractivity contribution in [2.24, 2.45) is 5.92 Å². The van der Waals surface area contributed by atoms with Gasteiger partial charge in [0.2, 0.25) is 5.43 Å². The van der Waals surface area contributed by atoms with Crippen molar-refractivity contribution in [2.75, 3.05) is 11.9 Å². The number of benzene rings is 1. The molecule has 0 unspecified atom stereocenters. The summed E-state index contributed by atoms with van der Waals surface area (Å²) in [6.07, 6.45) is 1.73. The molecule has 0 atom stereocenters. The van der Waals surface area contributed by atoms with Gasteiger partial charge in [0, 0.05) is 23.0 Å². The summed E-state index contributed by atoms with van der Waals surface area (Å²) < 4.78 is 10.5. The molecule has 2 rings (SSSR count). The standard InChI is InChI=1S/C18H21ClN2O4/c1-12(2)7-8-24-17-10-20-15(9-16(17)22)11-25-18(23)21-14-5-3-13(19)4-6-14/h3-6,9-10,12H,7-8,11H2,1-2H3,(H,20,22)(H,21,23). The van der Waals surface area contributed by atoms with E-state index >= 15 is 0 Å². The molecule has 0 aliphatic heterocycles. The number of aromatic amines is 1. The molecule has 25 heavy (non-hydrogen) atoms. The molecule has 1 heterocycles. The van der Waals surface area contributed by atoms with Crippen LogP contribution in [0.25, 0.3) is 0 Å². The minimum absolute atomic E-state index is 0.0546. The molecule has 0 fully saturated rings. The van der Waals surface area contributed by atoms with Crippen molar-refractivity contribution in [3.63, 3.8) is 0 Å². The van der Waals surface area contributed by atoms with E-state index in [1.165, 1.54) is 12.3 Å². The van der Waals surface area contributed by atoms with Gasteiger partial charge < -0.3 is 14.5 Å². The summed E-state index contributed by atoms with van der Waals surface area (Å²) in [5, 5.41) is 3.14. The van der Waals surface area contributed by atoms with Crippen LogP contribution in [0.15, 0.2) is 41.3 Å². The highest BCUT2D eigenvalue weighted by Crippen LogP contribution is 2.13. The Bertz CT molecular complexity index is 756. The molecule has 7 heteroatoms. The maximum atomic E-state index is 12.0. The average Bonchev–Trinajstić information content (AvgIpc) is 2.56. The molecule has 1 aromatic heterocycles. The highest BCUT2D eigenvalue weighted by atomic mass is 35.5. The molecule has 6 nitrogen and oxygen atoms in total. The Hall–Kier alpha value is -2.47. The van der Waals surface area contributed by atoms with Crippen LogP contribution < -0.4 is 15.5 Å². The molecular weight excluding hydrogens is 344 g/mol. The van der Waals surface area contributed by atoms with Crippen molar-refractivity contribution in [2.45, 2.75) is 26.9 Å². The van der Waals surface area contributed by atoms with Gasteiger partial charge in [-0.3, -0.25) is 10.1 Å². The lowest BCUT2D eigenvalue weighted by Gasteiger charge is -2.09. The Balaban J connectivity index is 1.84. The Labute approximate surface area is 151 Å². The number of nitrogens with one attached hydrogen (secondary N) is 2. The summed E-state index contributed by atoms with van der Waals surface area (Å²) in [6.45, 7) is 4.60. The molecule has 0 radical (unpaired) electrons. The van der Waals surface area contributed by atoms with Gasteiger partial charge in [0.15, 0.2) is 5.75 Å². The van der Waals surface area contributed by atoms with Crippen molar-refractivity contribution in [3.8, 4) is 5.75 Å². The van der Waals surface area contributed by atoms with E-state index in [4.69, 9.17) is 21.1 Å². The molecule has 1 aromatic carbocycles. The molecule has 1 amide bonds. The zero-order valence-electron chi connectivity index (χ0n) is 14.2. The van der Waals surface area contributed by atoms with E-state index in [1.54, 1.807) is 24.3 Å². The largest absolute Gasteiger partial charge is 0.488 e. The lowest BCUT2D eigenvalue weighted by Crippen LogP contribution is -2.16. The lowest BCUT2D eigenvalue weighted by molar-refractivity contribution is 0.153. The number of hydrogen-bond acceptors (Lipinski definition) is 4. The van der Waals surface area contributed by atoms with Crippen molar-refractivity contribution >= 4 is 23.4 Å². The Morgan fingerprint density at radius 3 is 2.64 bits per heavy atom. The molecule has 0 spiro atoms. The lowest BCUT2D eigenvalue weighted by atomic mass is 10.1. The first-order chi connectivity index (χ1) is 11.9. The van der Waals surface area contributed by atoms with Crippen LogP contribution >= 0.6 is 11.6 Å². The van der Waals surface area contributed by atoms with Crippen LogP contribution in [0.5, 0.6) is 5.75 Å². The number of ether oxygens (including phenoxy) is 2. The number of carbonyl (C=O) groups is 1. The number of anilines is 1. The summed E-state index contributed by atoms with van der Waals surface area (Å²) in [5.41, 5.74) is 0.795. The number of amides is 1. The third-order valence-electron chi connectivity index (χ3n) is 3.34. The zero-order valence-corrected chi connectivity index (χ0v) is 14.9. The quantitative estimate of drug-likeness (QED) is 0.771. The predicted molar refractivity (Wildman–Crippen MR) is 97.3 cm³/mol. The van der Waals surface area contributed by atoms with E-state index in [1.807, 2.05) is 0 Å². The molecule has 2 aromatic rings. The van der Waals surface area contributed by atoms with E-state index < -0.39 is 6.09 Å². The van der Waals surface area contributed by atoms with Gasteiger partial charge in [-0.05, 0) is 36.6 Å². The molecule has 2 N–H and O–H groups in total. The van der Waals surface area contributed by atoms with Gasteiger partial charge in [0.25, 0.3) is 0 Å². The van der Waals surface area contributed by atoms with E-state index in [0.29, 0.717) is 28.9 Å². The fourth-order valence-corrected chi connectivity index (χ4v) is 2.06. The molecular formula is C18H21ClN2O4. The van der Waals surface area contributed by atoms with Gasteiger partial charge >= 0.3 is 6.09 Å². The number of pyridine rings is 1. The summed E-state index contributed by atoms with van der Waals surface area (Å²) in [4.78, 5) is 26.6. The highest BCUT2D eigenvalue weighted by molar-refractivity contribution is 6.30. The molecule has 0 aliphatic rings. The summed E-state index contributed by atoms with van der Waals surface area (Å²) in [5.74, 6) is 0.765. The van der Waals surface area contributed by atoms with Crippen LogP contribution in [0.1, 0.15) is 26.0 Å². The molecule has 0 bridgehead atoms. The topological polar surface area (TPSA) is 80.4 Å². The van der Waals surface area contributed by atoms with E-state index in [2.05, 4.69) is 24.1 Å². The normalized spacial score (nSPS) is 10.6. The second kappa shape index (κ2) is 9.13. The van der Waals surface area contributed by atoms with Crippen molar-refractivity contribution in [1.82, 2.24) is 4.98 Å². The summed E-state index contributed by atoms with van der Waals surface area (Å²) in [7, 11) is 0. The minimum Gasteiger partial charge on any atom is -0.488 e. The maximum absolute atomic E-state index is 12.0. The Morgan fingerprint density at radius 2 is 2.00 bits per heavy atom. The van der Waals surface area contributed by atoms with E-state index in [-0.39, 0.29) is 17.8 Å². The van der Waals surface area contributed by atoms with Crippen molar-refractivity contribution in [1.29, 1.82) is 0 Å². The summed E-state index contributed by atoms with van der Waals surface area (Å²) in [6, 6.07) is 8.00. The van der Waals surface area contributed by atoms with Crippen LogP contribution in [-0.2, 0) is 11.3 Å². The number of aromatic nitrogens is 1. The third kappa shape index (κ3) is 6.51. The number of rotatable bonds is 7. The van der Waals surface area contributed by atoms with Crippen LogP contribution in [0.3, 0.4) is 0 Å². The van der Waals surface area contributed by atoms with Gasteiger partial charge in [-0.15, -0.1) is 0 Å². The highest BCUT2D eigenvalue weighted by Gasteiger charge is 2.07. The second-order valence-corrected chi connectivity index (χ2v) is 6.36. The van der Waals surface area contributed by atoms with Crippen LogP contribution in [-0.4, -0.2) is 17.7 Å². The van der Waals surface area contributed by atoms with Gasteiger partial charge in [-0.25, -0.2) is 4.79 Å². The first-order valence-electron chi connectivity index (χ1n) is 7.98. The van der Waals surface area contributed by atoms with Gasteiger partial charge in [0.05, 0.1) is 12.3 Å². The van der Waals surface area contributed by atoms with E-state index in [9.17, 15) is 9.59 Å². The Kier molecular flexibility index (Phi) is 6.89. The molecule has 0 saturated heterocycles. The second-order valence-electron chi connectivity index (χ2n) is 5.93. The molecule has 134 valence electrons. The van der Waals surface area contributed by atoms with Gasteiger partial charge in [-0.1, -0.05) is 25.4 Å². The maximum Gasteiger partial charge on any atom is 0.412 e. The van der Waals surface area contributed by atoms with Crippen molar-refractivity contribution in [3.05, 3.63) is 57.5 Å². The van der Waals surface area contributed by atoms with Gasteiger partial charge in [-0.2, -0.15) is 0 Å². The van der Waals surface area contributed by atoms with E-state index in [0.717, 1.165) is 6.42 Å². The van der Waals surface area contributed by atoms with Crippen LogP contribution in [0.2, 0.25) is 5.02 Å². The smallest absolute Gasteiger partial charge is 0.412 e. The number of H-pyrrole nitrogens is 1. The van der Waals surface area contributed by atoms with Gasteiger partial charge in [0.1, 0.15) is 6.61 Å². The molecule has 0 aliphatic carbocycles. The predicted octanol–water partition coefficient (Wildman–Crippen LogP) is 4.20. The SMILES string of the molecule is CC(C)CCOc1c[nH]c(COC(=O)Nc2ccc(Cl)cc2)cc1=O. The zero-order chi connectivity index (χ0) is 18.2. The first kappa shape index (κ1) is 18.9. The Morgan fingerprint density at radius 1 is 1.28 bits per heavy atom. The van der Waals surface area contributed by atoms with Crippen LogP contribution in [0, 0.1) is 5.92 Å². The molecule has 0 saturated carbocycles. The van der Waals surface area contributed by atoms with Crippen LogP contribution in [0.4, 0.5) is 10.5 Å².